The van der Waals surface area contributed by atoms with Crippen LogP contribution >= 0.6 is 11.6 Å². The lowest BCUT2D eigenvalue weighted by Gasteiger charge is -2.28. The fraction of sp³-hybridized carbons (Fsp3) is 0.600. The average Bonchev–Trinajstić information content (AvgIpc) is 2.47. The van der Waals surface area contributed by atoms with Gasteiger partial charge in [0.05, 0.1) is 0 Å². The van der Waals surface area contributed by atoms with Crippen LogP contribution in [0.5, 0.6) is 0 Å². The van der Waals surface area contributed by atoms with Crippen molar-refractivity contribution in [1.82, 2.24) is 0 Å². The van der Waals surface area contributed by atoms with Crippen LogP contribution in [0.2, 0.25) is 5.02 Å². The van der Waals surface area contributed by atoms with E-state index in [0.717, 1.165) is 37.2 Å². The van der Waals surface area contributed by atoms with E-state index in [2.05, 4.69) is 6.92 Å². The lowest BCUT2D eigenvalue weighted by atomic mass is 9.84. The molecule has 1 fully saturated rings. The summed E-state index contributed by atoms with van der Waals surface area (Å²) in [5.41, 5.74) is 7.11. The summed E-state index contributed by atoms with van der Waals surface area (Å²) in [5, 5.41) is 0.624. The van der Waals surface area contributed by atoms with E-state index in [9.17, 15) is 4.39 Å². The molecule has 3 heteroatoms. The third-order valence-electron chi connectivity index (χ3n) is 4.06. The van der Waals surface area contributed by atoms with Crippen LogP contribution in [0.25, 0.3) is 0 Å². The van der Waals surface area contributed by atoms with Gasteiger partial charge in [-0.1, -0.05) is 31.4 Å². The third kappa shape index (κ3) is 3.46. The molecule has 1 saturated carbocycles. The second kappa shape index (κ2) is 5.58. The minimum Gasteiger partial charge on any atom is -0.325 e. The summed E-state index contributed by atoms with van der Waals surface area (Å²) >= 11 is 6.12. The Bertz CT molecular complexity index is 421. The second-order valence-corrected chi connectivity index (χ2v) is 6.22. The molecule has 0 aliphatic heterocycles. The molecule has 2 unspecified atom stereocenters. The first-order chi connectivity index (χ1) is 8.48. The summed E-state index contributed by atoms with van der Waals surface area (Å²) in [6.45, 7) is 2.28. The SMILES string of the molecule is CC1CCCC(N)(Cc2cc(F)ccc2Cl)CC1. The van der Waals surface area contributed by atoms with Crippen molar-refractivity contribution in [2.75, 3.05) is 0 Å². The van der Waals surface area contributed by atoms with Gasteiger partial charge in [0.25, 0.3) is 0 Å². The molecule has 1 aromatic carbocycles. The van der Waals surface area contributed by atoms with Crippen molar-refractivity contribution in [3.8, 4) is 0 Å². The number of nitrogens with two attached hydrogens (primary N) is 1. The maximum absolute atomic E-state index is 13.3. The lowest BCUT2D eigenvalue weighted by molar-refractivity contribution is 0.363. The van der Waals surface area contributed by atoms with Gasteiger partial charge < -0.3 is 5.73 Å². The fourth-order valence-electron chi connectivity index (χ4n) is 2.84. The van der Waals surface area contributed by atoms with E-state index in [1.54, 1.807) is 6.07 Å². The molecule has 0 saturated heterocycles. The van der Waals surface area contributed by atoms with Crippen LogP contribution in [0.15, 0.2) is 18.2 Å². The Balaban J connectivity index is 2.13. The largest absolute Gasteiger partial charge is 0.325 e. The molecule has 0 heterocycles. The molecule has 100 valence electrons. The monoisotopic (exact) mass is 269 g/mol. The Morgan fingerprint density at radius 1 is 1.39 bits per heavy atom. The smallest absolute Gasteiger partial charge is 0.123 e. The Kier molecular flexibility index (Phi) is 4.29. The van der Waals surface area contributed by atoms with Gasteiger partial charge in [-0.2, -0.15) is 0 Å². The molecule has 1 nitrogen and oxygen atoms in total. The van der Waals surface area contributed by atoms with E-state index in [4.69, 9.17) is 17.3 Å². The van der Waals surface area contributed by atoms with E-state index < -0.39 is 0 Å². The lowest BCUT2D eigenvalue weighted by Crippen LogP contribution is -2.41. The zero-order chi connectivity index (χ0) is 13.2. The Morgan fingerprint density at radius 3 is 2.94 bits per heavy atom. The summed E-state index contributed by atoms with van der Waals surface area (Å²) in [4.78, 5) is 0. The molecular formula is C15H21ClFN. The molecular weight excluding hydrogens is 249 g/mol. The van der Waals surface area contributed by atoms with Gasteiger partial charge in [-0.25, -0.2) is 4.39 Å². The van der Waals surface area contributed by atoms with Crippen LogP contribution in [-0.2, 0) is 6.42 Å². The molecule has 0 bridgehead atoms. The number of rotatable bonds is 2. The van der Waals surface area contributed by atoms with E-state index in [1.165, 1.54) is 18.6 Å². The van der Waals surface area contributed by atoms with Crippen LogP contribution < -0.4 is 5.73 Å². The van der Waals surface area contributed by atoms with Crippen molar-refractivity contribution in [2.45, 2.75) is 51.0 Å². The van der Waals surface area contributed by atoms with Gasteiger partial charge in [0.15, 0.2) is 0 Å². The first-order valence-electron chi connectivity index (χ1n) is 6.71. The van der Waals surface area contributed by atoms with Gasteiger partial charge in [0, 0.05) is 10.6 Å². The predicted octanol–water partition coefficient (Wildman–Crippen LogP) is 4.32. The van der Waals surface area contributed by atoms with Crippen molar-refractivity contribution < 1.29 is 4.39 Å². The standard InChI is InChI=1S/C15H21ClFN/c1-11-3-2-7-15(18,8-6-11)10-12-9-13(17)4-5-14(12)16/h4-5,9,11H,2-3,6-8,10,18H2,1H3. The van der Waals surface area contributed by atoms with Crippen molar-refractivity contribution in [2.24, 2.45) is 11.7 Å². The van der Waals surface area contributed by atoms with Crippen LogP contribution in [-0.4, -0.2) is 5.54 Å². The third-order valence-corrected chi connectivity index (χ3v) is 4.43. The zero-order valence-corrected chi connectivity index (χ0v) is 11.6. The molecule has 1 aromatic rings. The molecule has 18 heavy (non-hydrogen) atoms. The van der Waals surface area contributed by atoms with Crippen molar-refractivity contribution >= 4 is 11.6 Å². The average molecular weight is 270 g/mol. The number of benzene rings is 1. The highest BCUT2D eigenvalue weighted by atomic mass is 35.5. The summed E-state index contributed by atoms with van der Waals surface area (Å²) in [6, 6.07) is 4.53. The molecule has 0 aromatic heterocycles. The maximum atomic E-state index is 13.3. The number of hydrogen-bond acceptors (Lipinski definition) is 1. The highest BCUT2D eigenvalue weighted by Crippen LogP contribution is 2.32. The highest BCUT2D eigenvalue weighted by Gasteiger charge is 2.29. The van der Waals surface area contributed by atoms with Crippen LogP contribution in [0.1, 0.15) is 44.6 Å². The predicted molar refractivity (Wildman–Crippen MR) is 74.3 cm³/mol. The maximum Gasteiger partial charge on any atom is 0.123 e. The van der Waals surface area contributed by atoms with Gasteiger partial charge in [0.2, 0.25) is 0 Å². The minimum atomic E-state index is -0.236. The van der Waals surface area contributed by atoms with Crippen LogP contribution in [0.4, 0.5) is 4.39 Å². The molecule has 2 N–H and O–H groups in total. The summed E-state index contributed by atoms with van der Waals surface area (Å²) in [6.07, 6.45) is 6.24. The Morgan fingerprint density at radius 2 is 2.17 bits per heavy atom. The van der Waals surface area contributed by atoms with Crippen molar-refractivity contribution in [3.63, 3.8) is 0 Å². The second-order valence-electron chi connectivity index (χ2n) is 5.81. The summed E-state index contributed by atoms with van der Waals surface area (Å²) in [5.74, 6) is 0.512. The minimum absolute atomic E-state index is 0.220. The highest BCUT2D eigenvalue weighted by molar-refractivity contribution is 6.31. The first-order valence-corrected chi connectivity index (χ1v) is 7.09. The topological polar surface area (TPSA) is 26.0 Å². The van der Waals surface area contributed by atoms with Gasteiger partial charge >= 0.3 is 0 Å². The molecule has 2 rings (SSSR count). The Hall–Kier alpha value is -0.600. The Labute approximate surface area is 114 Å². The number of hydrogen-bond donors (Lipinski definition) is 1. The quantitative estimate of drug-likeness (QED) is 0.795. The number of halogens is 2. The van der Waals surface area contributed by atoms with Crippen molar-refractivity contribution in [1.29, 1.82) is 0 Å². The molecule has 0 amide bonds. The molecule has 1 aliphatic rings. The van der Waals surface area contributed by atoms with E-state index in [0.29, 0.717) is 11.4 Å². The van der Waals surface area contributed by atoms with Gasteiger partial charge in [-0.15, -0.1) is 0 Å². The molecule has 0 spiro atoms. The van der Waals surface area contributed by atoms with Gasteiger partial charge in [-0.3, -0.25) is 0 Å². The normalized spacial score (nSPS) is 29.0. The summed E-state index contributed by atoms with van der Waals surface area (Å²) in [7, 11) is 0. The van der Waals surface area contributed by atoms with Gasteiger partial charge in [0.1, 0.15) is 5.82 Å². The van der Waals surface area contributed by atoms with Crippen molar-refractivity contribution in [3.05, 3.63) is 34.6 Å². The van der Waals surface area contributed by atoms with E-state index >= 15 is 0 Å². The van der Waals surface area contributed by atoms with E-state index in [1.807, 2.05) is 0 Å². The first kappa shape index (κ1) is 13.8. The van der Waals surface area contributed by atoms with Gasteiger partial charge in [-0.05, 0) is 55.4 Å². The summed E-state index contributed by atoms with van der Waals surface area (Å²) < 4.78 is 13.3. The molecule has 2 atom stereocenters. The van der Waals surface area contributed by atoms with Crippen LogP contribution in [0, 0.1) is 11.7 Å². The fourth-order valence-corrected chi connectivity index (χ4v) is 3.02. The zero-order valence-electron chi connectivity index (χ0n) is 10.9. The van der Waals surface area contributed by atoms with Crippen LogP contribution in [0.3, 0.4) is 0 Å². The molecule has 0 radical (unpaired) electrons. The molecule has 1 aliphatic carbocycles. The van der Waals surface area contributed by atoms with E-state index in [-0.39, 0.29) is 11.4 Å².